The lowest BCUT2D eigenvalue weighted by Crippen LogP contribution is -2.42. The van der Waals surface area contributed by atoms with Gasteiger partial charge in [0.05, 0.1) is 0 Å². The average molecular weight is 323 g/mol. The molecule has 24 heavy (non-hydrogen) atoms. The van der Waals surface area contributed by atoms with Gasteiger partial charge in [-0.05, 0) is 38.1 Å². The van der Waals surface area contributed by atoms with E-state index in [1.807, 2.05) is 67.6 Å². The molecule has 0 aliphatic rings. The van der Waals surface area contributed by atoms with Crippen molar-refractivity contribution < 1.29 is 13.9 Å². The lowest BCUT2D eigenvalue weighted by Gasteiger charge is -2.18. The van der Waals surface area contributed by atoms with E-state index in [4.69, 9.17) is 9.15 Å². The van der Waals surface area contributed by atoms with Crippen LogP contribution in [-0.2, 0) is 11.2 Å². The van der Waals surface area contributed by atoms with E-state index in [-0.39, 0.29) is 11.9 Å². The normalized spacial score (nSPS) is 13.4. The quantitative estimate of drug-likeness (QED) is 0.747. The van der Waals surface area contributed by atoms with E-state index in [0.29, 0.717) is 12.2 Å². The minimum absolute atomic E-state index is 0.0418. The number of para-hydroxylation sites is 2. The first-order valence-electron chi connectivity index (χ1n) is 8.11. The van der Waals surface area contributed by atoms with Crippen LogP contribution in [-0.4, -0.2) is 18.1 Å². The molecule has 0 saturated heterocycles. The Morgan fingerprint density at radius 3 is 2.54 bits per heavy atom. The summed E-state index contributed by atoms with van der Waals surface area (Å²) in [6.07, 6.45) is 0.0869. The zero-order valence-corrected chi connectivity index (χ0v) is 13.9. The number of ether oxygens (including phenoxy) is 1. The van der Waals surface area contributed by atoms with Crippen LogP contribution in [0.5, 0.6) is 5.75 Å². The van der Waals surface area contributed by atoms with Gasteiger partial charge in [0.25, 0.3) is 5.91 Å². The molecule has 2 aromatic carbocycles. The molecule has 2 unspecified atom stereocenters. The largest absolute Gasteiger partial charge is 0.481 e. The van der Waals surface area contributed by atoms with Gasteiger partial charge in [-0.25, -0.2) is 0 Å². The topological polar surface area (TPSA) is 51.5 Å². The van der Waals surface area contributed by atoms with Gasteiger partial charge in [-0.2, -0.15) is 0 Å². The van der Waals surface area contributed by atoms with Crippen molar-refractivity contribution in [2.75, 3.05) is 0 Å². The second-order valence-corrected chi connectivity index (χ2v) is 5.94. The van der Waals surface area contributed by atoms with Gasteiger partial charge in [0.2, 0.25) is 0 Å². The third-order valence-electron chi connectivity index (χ3n) is 3.80. The Morgan fingerprint density at radius 2 is 1.79 bits per heavy atom. The van der Waals surface area contributed by atoms with Gasteiger partial charge in [-0.1, -0.05) is 36.4 Å². The summed E-state index contributed by atoms with van der Waals surface area (Å²) in [7, 11) is 0. The third kappa shape index (κ3) is 3.96. The van der Waals surface area contributed by atoms with E-state index in [0.717, 1.165) is 16.7 Å². The molecule has 0 saturated carbocycles. The summed E-state index contributed by atoms with van der Waals surface area (Å²) in [6.45, 7) is 3.70. The van der Waals surface area contributed by atoms with Crippen molar-refractivity contribution in [3.63, 3.8) is 0 Å². The van der Waals surface area contributed by atoms with Crippen LogP contribution in [0, 0.1) is 0 Å². The number of hydrogen-bond donors (Lipinski definition) is 1. The molecule has 2 atom stereocenters. The number of benzene rings is 2. The molecule has 3 aromatic rings. The molecule has 3 rings (SSSR count). The van der Waals surface area contributed by atoms with Crippen molar-refractivity contribution in [3.8, 4) is 5.75 Å². The number of carbonyl (C=O) groups is 1. The Kier molecular flexibility index (Phi) is 4.85. The van der Waals surface area contributed by atoms with Crippen molar-refractivity contribution in [2.24, 2.45) is 0 Å². The molecule has 0 fully saturated rings. The van der Waals surface area contributed by atoms with Crippen LogP contribution in [0.4, 0.5) is 0 Å². The van der Waals surface area contributed by atoms with E-state index in [2.05, 4.69) is 5.32 Å². The van der Waals surface area contributed by atoms with Crippen molar-refractivity contribution in [2.45, 2.75) is 32.4 Å². The smallest absolute Gasteiger partial charge is 0.260 e. The fourth-order valence-electron chi connectivity index (χ4n) is 2.61. The summed E-state index contributed by atoms with van der Waals surface area (Å²) >= 11 is 0. The SMILES string of the molecule is CC(Cc1cc2ccccc2o1)NC(=O)C(C)Oc1ccccc1. The molecule has 1 amide bonds. The number of fused-ring (bicyclic) bond motifs is 1. The number of furan rings is 1. The lowest BCUT2D eigenvalue weighted by molar-refractivity contribution is -0.127. The van der Waals surface area contributed by atoms with Gasteiger partial charge in [-0.3, -0.25) is 4.79 Å². The number of nitrogens with one attached hydrogen (secondary N) is 1. The monoisotopic (exact) mass is 323 g/mol. The Morgan fingerprint density at radius 1 is 1.08 bits per heavy atom. The molecule has 1 N–H and O–H groups in total. The molecule has 0 aliphatic heterocycles. The maximum atomic E-state index is 12.3. The molecule has 1 heterocycles. The molecule has 4 nitrogen and oxygen atoms in total. The number of rotatable bonds is 6. The van der Waals surface area contributed by atoms with Gasteiger partial charge >= 0.3 is 0 Å². The van der Waals surface area contributed by atoms with Crippen LogP contribution < -0.4 is 10.1 Å². The van der Waals surface area contributed by atoms with E-state index in [9.17, 15) is 4.79 Å². The van der Waals surface area contributed by atoms with Crippen LogP contribution >= 0.6 is 0 Å². The number of amides is 1. The minimum Gasteiger partial charge on any atom is -0.481 e. The summed E-state index contributed by atoms with van der Waals surface area (Å²) in [6, 6.07) is 19.2. The molecule has 1 aromatic heterocycles. The van der Waals surface area contributed by atoms with E-state index < -0.39 is 6.10 Å². The zero-order chi connectivity index (χ0) is 16.9. The molecule has 4 heteroatoms. The molecule has 124 valence electrons. The predicted octanol–water partition coefficient (Wildman–Crippen LogP) is 3.95. The van der Waals surface area contributed by atoms with Crippen LogP contribution in [0.2, 0.25) is 0 Å². The van der Waals surface area contributed by atoms with Crippen LogP contribution in [0.25, 0.3) is 11.0 Å². The van der Waals surface area contributed by atoms with Crippen molar-refractivity contribution >= 4 is 16.9 Å². The van der Waals surface area contributed by atoms with E-state index in [1.54, 1.807) is 6.92 Å². The predicted molar refractivity (Wildman–Crippen MR) is 94.1 cm³/mol. The standard InChI is InChI=1S/C20H21NO3/c1-14(12-18-13-16-8-6-7-11-19(16)24-18)21-20(22)15(2)23-17-9-4-3-5-10-17/h3-11,13-15H,12H2,1-2H3,(H,21,22). The Bertz CT molecular complexity index is 777. The third-order valence-corrected chi connectivity index (χ3v) is 3.80. The van der Waals surface area contributed by atoms with Gasteiger partial charge in [-0.15, -0.1) is 0 Å². The fourth-order valence-corrected chi connectivity index (χ4v) is 2.61. The van der Waals surface area contributed by atoms with E-state index in [1.165, 1.54) is 0 Å². The first kappa shape index (κ1) is 16.1. The number of hydrogen-bond acceptors (Lipinski definition) is 3. The first-order chi connectivity index (χ1) is 11.6. The highest BCUT2D eigenvalue weighted by molar-refractivity contribution is 5.81. The summed E-state index contributed by atoms with van der Waals surface area (Å²) in [5, 5.41) is 4.04. The second-order valence-electron chi connectivity index (χ2n) is 5.94. The minimum atomic E-state index is -0.550. The first-order valence-corrected chi connectivity index (χ1v) is 8.11. The second kappa shape index (κ2) is 7.21. The Labute approximate surface area is 141 Å². The van der Waals surface area contributed by atoms with Crippen molar-refractivity contribution in [1.82, 2.24) is 5.32 Å². The Hall–Kier alpha value is -2.75. The maximum absolute atomic E-state index is 12.3. The number of carbonyl (C=O) groups excluding carboxylic acids is 1. The molecule has 0 aliphatic carbocycles. The Balaban J connectivity index is 1.55. The van der Waals surface area contributed by atoms with Crippen molar-refractivity contribution in [1.29, 1.82) is 0 Å². The zero-order valence-electron chi connectivity index (χ0n) is 13.9. The highest BCUT2D eigenvalue weighted by atomic mass is 16.5. The summed E-state index contributed by atoms with van der Waals surface area (Å²) in [5.41, 5.74) is 0.867. The van der Waals surface area contributed by atoms with Gasteiger partial charge in [0, 0.05) is 17.8 Å². The van der Waals surface area contributed by atoms with Crippen LogP contribution in [0.3, 0.4) is 0 Å². The van der Waals surface area contributed by atoms with Crippen molar-refractivity contribution in [3.05, 3.63) is 66.4 Å². The van der Waals surface area contributed by atoms with Gasteiger partial charge in [0.1, 0.15) is 17.1 Å². The van der Waals surface area contributed by atoms with Gasteiger partial charge < -0.3 is 14.5 Å². The summed E-state index contributed by atoms with van der Waals surface area (Å²) in [4.78, 5) is 12.3. The average Bonchev–Trinajstić information content (AvgIpc) is 2.97. The summed E-state index contributed by atoms with van der Waals surface area (Å²) < 4.78 is 11.4. The summed E-state index contributed by atoms with van der Waals surface area (Å²) in [5.74, 6) is 1.41. The highest BCUT2D eigenvalue weighted by Crippen LogP contribution is 2.19. The highest BCUT2D eigenvalue weighted by Gasteiger charge is 2.18. The molecular weight excluding hydrogens is 302 g/mol. The molecular formula is C20H21NO3. The maximum Gasteiger partial charge on any atom is 0.260 e. The van der Waals surface area contributed by atoms with Crippen LogP contribution in [0.1, 0.15) is 19.6 Å². The van der Waals surface area contributed by atoms with E-state index >= 15 is 0 Å². The van der Waals surface area contributed by atoms with Gasteiger partial charge in [0.15, 0.2) is 6.10 Å². The molecule has 0 spiro atoms. The van der Waals surface area contributed by atoms with Crippen LogP contribution in [0.15, 0.2) is 65.1 Å². The molecule has 0 radical (unpaired) electrons. The lowest BCUT2D eigenvalue weighted by atomic mass is 10.1. The molecule has 0 bridgehead atoms. The fraction of sp³-hybridized carbons (Fsp3) is 0.250.